The maximum atomic E-state index is 12.7. The number of carbonyl (C=O) groups is 1. The van der Waals surface area contributed by atoms with E-state index in [0.29, 0.717) is 6.54 Å². The van der Waals surface area contributed by atoms with Gasteiger partial charge in [0.1, 0.15) is 0 Å². The molecule has 25 heavy (non-hydrogen) atoms. The number of aryl methyl sites for hydroxylation is 1. The first kappa shape index (κ1) is 15.6. The van der Waals surface area contributed by atoms with Crippen LogP contribution in [0.1, 0.15) is 28.4 Å². The van der Waals surface area contributed by atoms with E-state index in [1.165, 1.54) is 5.56 Å². The van der Waals surface area contributed by atoms with Crippen molar-refractivity contribution >= 4 is 5.91 Å². The van der Waals surface area contributed by atoms with Crippen molar-refractivity contribution in [3.8, 4) is 11.1 Å². The third-order valence-electron chi connectivity index (χ3n) is 4.78. The van der Waals surface area contributed by atoms with Gasteiger partial charge >= 0.3 is 0 Å². The van der Waals surface area contributed by atoms with E-state index in [9.17, 15) is 4.79 Å². The summed E-state index contributed by atoms with van der Waals surface area (Å²) in [6, 6.07) is 16.5. The molecular formula is C20H20N4O. The highest BCUT2D eigenvalue weighted by molar-refractivity contribution is 5.95. The first-order chi connectivity index (χ1) is 12.2. The van der Waals surface area contributed by atoms with Crippen molar-refractivity contribution in [3.63, 3.8) is 0 Å². The van der Waals surface area contributed by atoms with Crippen molar-refractivity contribution in [1.82, 2.24) is 19.9 Å². The Hall–Kier alpha value is -2.95. The Morgan fingerprint density at radius 2 is 1.72 bits per heavy atom. The van der Waals surface area contributed by atoms with Crippen LogP contribution in [0.15, 0.2) is 60.9 Å². The maximum Gasteiger partial charge on any atom is 0.253 e. The van der Waals surface area contributed by atoms with Crippen molar-refractivity contribution in [3.05, 3.63) is 72.1 Å². The molecule has 1 fully saturated rings. The Labute approximate surface area is 146 Å². The highest BCUT2D eigenvalue weighted by Gasteiger charge is 2.28. The number of benzene rings is 2. The van der Waals surface area contributed by atoms with Crippen LogP contribution in [0.5, 0.6) is 0 Å². The molecule has 3 aromatic rings. The first-order valence-electron chi connectivity index (χ1n) is 8.53. The molecule has 1 aliphatic heterocycles. The molecule has 1 aromatic heterocycles. The minimum absolute atomic E-state index is 0.0815. The highest BCUT2D eigenvalue weighted by Crippen LogP contribution is 2.24. The second-order valence-electron chi connectivity index (χ2n) is 6.52. The molecule has 0 bridgehead atoms. The van der Waals surface area contributed by atoms with Crippen LogP contribution in [0.25, 0.3) is 11.1 Å². The molecule has 0 radical (unpaired) electrons. The molecule has 126 valence electrons. The normalized spacial score (nSPS) is 17.0. The monoisotopic (exact) mass is 332 g/mol. The summed E-state index contributed by atoms with van der Waals surface area (Å²) in [5.41, 5.74) is 4.26. The van der Waals surface area contributed by atoms with Crippen molar-refractivity contribution < 1.29 is 4.79 Å². The van der Waals surface area contributed by atoms with Crippen molar-refractivity contribution in [2.24, 2.45) is 0 Å². The molecule has 5 nitrogen and oxygen atoms in total. The topological polar surface area (TPSA) is 51.0 Å². The summed E-state index contributed by atoms with van der Waals surface area (Å²) in [4.78, 5) is 14.6. The lowest BCUT2D eigenvalue weighted by atomic mass is 10.0. The summed E-state index contributed by atoms with van der Waals surface area (Å²) in [7, 11) is 0. The highest BCUT2D eigenvalue weighted by atomic mass is 16.2. The molecule has 1 amide bonds. The van der Waals surface area contributed by atoms with Gasteiger partial charge in [-0.05, 0) is 36.6 Å². The number of aromatic nitrogens is 3. The molecule has 1 saturated heterocycles. The third kappa shape index (κ3) is 3.18. The Bertz CT molecular complexity index is 854. The van der Waals surface area contributed by atoms with E-state index in [1.54, 1.807) is 6.20 Å². The SMILES string of the molecule is Cc1ccc(-c2ccc(C(=O)N3CC[C@H](n4ccnn4)C3)cc2)cc1. The van der Waals surface area contributed by atoms with Gasteiger partial charge in [0.15, 0.2) is 0 Å². The van der Waals surface area contributed by atoms with E-state index < -0.39 is 0 Å². The lowest BCUT2D eigenvalue weighted by molar-refractivity contribution is 0.0787. The van der Waals surface area contributed by atoms with Crippen LogP contribution < -0.4 is 0 Å². The van der Waals surface area contributed by atoms with E-state index in [-0.39, 0.29) is 11.9 Å². The Morgan fingerprint density at radius 1 is 1.04 bits per heavy atom. The van der Waals surface area contributed by atoms with Crippen LogP contribution in [0, 0.1) is 6.92 Å². The standard InChI is InChI=1S/C20H20N4O/c1-15-2-4-16(5-3-15)17-6-8-18(9-7-17)20(25)23-12-10-19(14-23)24-13-11-21-22-24/h2-9,11,13,19H,10,12,14H2,1H3/t19-/m0/s1. The van der Waals surface area contributed by atoms with E-state index in [0.717, 1.165) is 29.7 Å². The third-order valence-corrected chi connectivity index (χ3v) is 4.78. The van der Waals surface area contributed by atoms with Gasteiger partial charge in [-0.25, -0.2) is 4.68 Å². The zero-order chi connectivity index (χ0) is 17.2. The quantitative estimate of drug-likeness (QED) is 0.739. The predicted molar refractivity (Wildman–Crippen MR) is 96.2 cm³/mol. The fraction of sp³-hybridized carbons (Fsp3) is 0.250. The Morgan fingerprint density at radius 3 is 2.36 bits per heavy atom. The van der Waals surface area contributed by atoms with Crippen molar-refractivity contribution in [2.45, 2.75) is 19.4 Å². The number of likely N-dealkylation sites (tertiary alicyclic amines) is 1. The molecule has 1 atom stereocenters. The molecule has 0 aliphatic carbocycles. The fourth-order valence-electron chi connectivity index (χ4n) is 3.29. The molecule has 2 aromatic carbocycles. The van der Waals surface area contributed by atoms with E-state index in [4.69, 9.17) is 0 Å². The molecule has 0 N–H and O–H groups in total. The molecule has 5 heteroatoms. The van der Waals surface area contributed by atoms with Crippen molar-refractivity contribution in [1.29, 1.82) is 0 Å². The van der Waals surface area contributed by atoms with Gasteiger partial charge in [-0.1, -0.05) is 47.2 Å². The molecule has 4 rings (SSSR count). The Balaban J connectivity index is 1.47. The van der Waals surface area contributed by atoms with Crippen LogP contribution in [0.3, 0.4) is 0 Å². The van der Waals surface area contributed by atoms with Crippen LogP contribution in [0.2, 0.25) is 0 Å². The summed E-state index contributed by atoms with van der Waals surface area (Å²) in [5, 5.41) is 7.89. The average molecular weight is 332 g/mol. The lowest BCUT2D eigenvalue weighted by Crippen LogP contribution is -2.29. The van der Waals surface area contributed by atoms with E-state index >= 15 is 0 Å². The smallest absolute Gasteiger partial charge is 0.253 e. The minimum atomic E-state index is 0.0815. The fourth-order valence-corrected chi connectivity index (χ4v) is 3.29. The van der Waals surface area contributed by atoms with Crippen LogP contribution in [0.4, 0.5) is 0 Å². The van der Waals surface area contributed by atoms with Gasteiger partial charge < -0.3 is 4.90 Å². The van der Waals surface area contributed by atoms with Crippen LogP contribution >= 0.6 is 0 Å². The first-order valence-corrected chi connectivity index (χ1v) is 8.53. The average Bonchev–Trinajstić information content (AvgIpc) is 3.33. The number of rotatable bonds is 3. The molecule has 0 spiro atoms. The van der Waals surface area contributed by atoms with Gasteiger partial charge in [0.2, 0.25) is 0 Å². The second kappa shape index (κ2) is 6.51. The van der Waals surface area contributed by atoms with Crippen LogP contribution in [-0.2, 0) is 0 Å². The Kier molecular flexibility index (Phi) is 4.06. The van der Waals surface area contributed by atoms with Crippen LogP contribution in [-0.4, -0.2) is 38.9 Å². The summed E-state index contributed by atoms with van der Waals surface area (Å²) in [6.45, 7) is 3.51. The molecule has 2 heterocycles. The number of hydrogen-bond acceptors (Lipinski definition) is 3. The summed E-state index contributed by atoms with van der Waals surface area (Å²) in [5.74, 6) is 0.0815. The minimum Gasteiger partial charge on any atom is -0.336 e. The van der Waals surface area contributed by atoms with Gasteiger partial charge in [-0.15, -0.1) is 5.10 Å². The largest absolute Gasteiger partial charge is 0.336 e. The number of hydrogen-bond donors (Lipinski definition) is 0. The van der Waals surface area contributed by atoms with Gasteiger partial charge in [-0.2, -0.15) is 0 Å². The summed E-state index contributed by atoms with van der Waals surface area (Å²) < 4.78 is 1.84. The summed E-state index contributed by atoms with van der Waals surface area (Å²) >= 11 is 0. The maximum absolute atomic E-state index is 12.7. The zero-order valence-corrected chi connectivity index (χ0v) is 14.2. The van der Waals surface area contributed by atoms with Crippen molar-refractivity contribution in [2.75, 3.05) is 13.1 Å². The number of carbonyl (C=O) groups excluding carboxylic acids is 1. The molecular weight excluding hydrogens is 312 g/mol. The van der Waals surface area contributed by atoms with Gasteiger partial charge in [-0.3, -0.25) is 4.79 Å². The lowest BCUT2D eigenvalue weighted by Gasteiger charge is -2.17. The van der Waals surface area contributed by atoms with E-state index in [1.807, 2.05) is 40.0 Å². The summed E-state index contributed by atoms with van der Waals surface area (Å²) in [6.07, 6.45) is 4.44. The van der Waals surface area contributed by atoms with Gasteiger partial charge in [0.25, 0.3) is 5.91 Å². The van der Waals surface area contributed by atoms with Gasteiger partial charge in [0, 0.05) is 24.8 Å². The predicted octanol–water partition coefficient (Wildman–Crippen LogP) is 3.34. The van der Waals surface area contributed by atoms with E-state index in [2.05, 4.69) is 41.5 Å². The molecule has 0 unspecified atom stereocenters. The number of amides is 1. The zero-order valence-electron chi connectivity index (χ0n) is 14.2. The molecule has 0 saturated carbocycles. The second-order valence-corrected chi connectivity index (χ2v) is 6.52. The number of nitrogens with zero attached hydrogens (tertiary/aromatic N) is 4. The van der Waals surface area contributed by atoms with Gasteiger partial charge in [0.05, 0.1) is 12.2 Å². The molecule has 1 aliphatic rings.